The largest absolute Gasteiger partial charge is 0.453 e. The minimum atomic E-state index is 0.706. The fourth-order valence-corrected chi connectivity index (χ4v) is 8.67. The van der Waals surface area contributed by atoms with Crippen molar-refractivity contribution in [3.63, 3.8) is 0 Å². The second kappa shape index (κ2) is 13.8. The Kier molecular flexibility index (Phi) is 7.78. The third kappa shape index (κ3) is 5.59. The van der Waals surface area contributed by atoms with E-state index in [1.54, 1.807) is 0 Å². The highest BCUT2D eigenvalue weighted by Crippen LogP contribution is 2.45. The first-order valence-corrected chi connectivity index (χ1v) is 20.2. The maximum absolute atomic E-state index is 6.97. The molecule has 5 nitrogen and oxygen atoms in total. The fraction of sp³-hybridized carbons (Fsp3) is 0. The van der Waals surface area contributed by atoms with Crippen molar-refractivity contribution in [3.05, 3.63) is 206 Å². The minimum Gasteiger partial charge on any atom is -0.453 e. The molecule has 0 fully saturated rings. The zero-order valence-electron chi connectivity index (χ0n) is 32.3. The third-order valence-corrected chi connectivity index (χ3v) is 11.6. The smallest absolute Gasteiger partial charge is 0.161 e. The second-order valence-corrected chi connectivity index (χ2v) is 15.2. The summed E-state index contributed by atoms with van der Waals surface area (Å²) < 4.78 is 9.31. The Morgan fingerprint density at radius 2 is 0.950 bits per heavy atom. The molecule has 0 amide bonds. The van der Waals surface area contributed by atoms with E-state index in [2.05, 4.69) is 168 Å². The van der Waals surface area contributed by atoms with Crippen LogP contribution >= 0.6 is 0 Å². The van der Waals surface area contributed by atoms with Crippen LogP contribution in [0.25, 0.3) is 117 Å². The van der Waals surface area contributed by atoms with Gasteiger partial charge in [-0.3, -0.25) is 0 Å². The molecule has 0 saturated carbocycles. The zero-order valence-corrected chi connectivity index (χ0v) is 32.3. The quantitative estimate of drug-likeness (QED) is 0.169. The van der Waals surface area contributed by atoms with Crippen molar-refractivity contribution in [1.82, 2.24) is 19.5 Å². The van der Waals surface area contributed by atoms with Gasteiger partial charge in [0.05, 0.1) is 33.5 Å². The predicted molar refractivity (Wildman–Crippen MR) is 246 cm³/mol. The molecule has 8 aromatic carbocycles. The summed E-state index contributed by atoms with van der Waals surface area (Å²) in [4.78, 5) is 15.4. The molecule has 0 radical (unpaired) electrons. The van der Waals surface area contributed by atoms with Gasteiger partial charge < -0.3 is 8.98 Å². The average Bonchev–Trinajstić information content (AvgIpc) is 3.87. The molecule has 4 heterocycles. The Balaban J connectivity index is 0.974. The number of nitrogens with zero attached hydrogens (tertiary/aromatic N) is 4. The highest BCUT2D eigenvalue weighted by atomic mass is 16.3. The first-order valence-electron chi connectivity index (χ1n) is 20.2. The highest BCUT2D eigenvalue weighted by Gasteiger charge is 2.25. The third-order valence-electron chi connectivity index (χ3n) is 11.6. The number of para-hydroxylation sites is 2. The van der Waals surface area contributed by atoms with Gasteiger partial charge in [0.2, 0.25) is 0 Å². The van der Waals surface area contributed by atoms with Crippen molar-refractivity contribution in [2.45, 2.75) is 0 Å². The molecule has 12 rings (SSSR count). The van der Waals surface area contributed by atoms with Crippen LogP contribution in [0.3, 0.4) is 0 Å². The molecule has 0 bridgehead atoms. The Morgan fingerprint density at radius 3 is 1.70 bits per heavy atom. The highest BCUT2D eigenvalue weighted by molar-refractivity contribution is 6.24. The van der Waals surface area contributed by atoms with Crippen LogP contribution in [0.1, 0.15) is 0 Å². The first-order chi connectivity index (χ1) is 29.7. The van der Waals surface area contributed by atoms with E-state index in [1.807, 2.05) is 42.5 Å². The number of aromatic nitrogens is 4. The SMILES string of the molecule is c1ccc(-c2cc(-c3ccc(-c4ccc(-n5c6ccccc6c6oc7c8ccccc8nc(-c8ccc9ccccc9c8)c7c65)cc4)cc3)nc(-c3ccccc3)n2)cc1. The van der Waals surface area contributed by atoms with Gasteiger partial charge in [0.25, 0.3) is 0 Å². The molecule has 60 heavy (non-hydrogen) atoms. The number of hydrogen-bond donors (Lipinski definition) is 0. The number of hydrogen-bond acceptors (Lipinski definition) is 4. The zero-order chi connectivity index (χ0) is 39.6. The van der Waals surface area contributed by atoms with Gasteiger partial charge in [-0.05, 0) is 70.4 Å². The molecule has 0 aliphatic heterocycles. The molecule has 280 valence electrons. The van der Waals surface area contributed by atoms with Crippen molar-refractivity contribution < 1.29 is 4.42 Å². The topological polar surface area (TPSA) is 56.7 Å². The molecule has 0 unspecified atom stereocenters. The standard InChI is InChI=1S/C55H34N4O/c1-3-14-38(15-4-1)47-34-48(58-55(57-47)40-16-5-2-6-17-40)39-26-23-36(24-27-39)37-29-31-43(32-30-37)59-49-22-12-10-20-45(49)54-52(59)50-51(42-28-25-35-13-7-8-18-41(35)33-42)56-46-21-11-9-19-44(46)53(50)60-54/h1-34H. The Labute approximate surface area is 345 Å². The van der Waals surface area contributed by atoms with Crippen molar-refractivity contribution in [2.75, 3.05) is 0 Å². The van der Waals surface area contributed by atoms with E-state index in [0.29, 0.717) is 5.82 Å². The number of furan rings is 1. The van der Waals surface area contributed by atoms with Crippen LogP contribution in [0.5, 0.6) is 0 Å². The van der Waals surface area contributed by atoms with Crippen molar-refractivity contribution in [3.8, 4) is 62.0 Å². The van der Waals surface area contributed by atoms with E-state index >= 15 is 0 Å². The Hall–Kier alpha value is -8.15. The maximum atomic E-state index is 6.97. The molecule has 0 N–H and O–H groups in total. The van der Waals surface area contributed by atoms with E-state index in [9.17, 15) is 0 Å². The van der Waals surface area contributed by atoms with Gasteiger partial charge in [0.1, 0.15) is 11.1 Å². The van der Waals surface area contributed by atoms with Crippen LogP contribution < -0.4 is 0 Å². The summed E-state index contributed by atoms with van der Waals surface area (Å²) in [7, 11) is 0. The van der Waals surface area contributed by atoms with Crippen molar-refractivity contribution >= 4 is 54.6 Å². The number of pyridine rings is 1. The van der Waals surface area contributed by atoms with Gasteiger partial charge in [-0.2, -0.15) is 0 Å². The molecule has 0 atom stereocenters. The predicted octanol–water partition coefficient (Wildman–Crippen LogP) is 14.4. The minimum absolute atomic E-state index is 0.706. The average molecular weight is 767 g/mol. The molecule has 0 aliphatic rings. The van der Waals surface area contributed by atoms with Crippen LogP contribution in [0.4, 0.5) is 0 Å². The lowest BCUT2D eigenvalue weighted by Gasteiger charge is -2.12. The summed E-state index contributed by atoms with van der Waals surface area (Å²) in [6, 6.07) is 71.9. The number of rotatable bonds is 6. The van der Waals surface area contributed by atoms with Crippen LogP contribution in [-0.4, -0.2) is 19.5 Å². The Morgan fingerprint density at radius 1 is 0.383 bits per heavy atom. The van der Waals surface area contributed by atoms with Crippen molar-refractivity contribution in [1.29, 1.82) is 0 Å². The molecular formula is C55H34N4O. The second-order valence-electron chi connectivity index (χ2n) is 15.2. The summed E-state index contributed by atoms with van der Waals surface area (Å²) in [5.74, 6) is 0.706. The number of fused-ring (bicyclic) bond motifs is 8. The number of benzene rings is 8. The van der Waals surface area contributed by atoms with E-state index in [0.717, 1.165) is 100 Å². The molecule has 12 aromatic rings. The molecule has 0 spiro atoms. The van der Waals surface area contributed by atoms with E-state index in [1.165, 1.54) is 10.8 Å². The van der Waals surface area contributed by atoms with Crippen molar-refractivity contribution in [2.24, 2.45) is 0 Å². The van der Waals surface area contributed by atoms with Gasteiger partial charge in [-0.1, -0.05) is 158 Å². The van der Waals surface area contributed by atoms with Crippen LogP contribution in [-0.2, 0) is 0 Å². The maximum Gasteiger partial charge on any atom is 0.161 e. The van der Waals surface area contributed by atoms with Gasteiger partial charge in [0, 0.05) is 38.7 Å². The molecule has 0 aliphatic carbocycles. The van der Waals surface area contributed by atoms with Gasteiger partial charge in [-0.15, -0.1) is 0 Å². The summed E-state index contributed by atoms with van der Waals surface area (Å²) >= 11 is 0. The lowest BCUT2D eigenvalue weighted by Crippen LogP contribution is -1.96. The van der Waals surface area contributed by atoms with Gasteiger partial charge >= 0.3 is 0 Å². The van der Waals surface area contributed by atoms with Crippen LogP contribution in [0, 0.1) is 0 Å². The summed E-state index contributed by atoms with van der Waals surface area (Å²) in [5, 5.41) is 5.44. The van der Waals surface area contributed by atoms with E-state index in [-0.39, 0.29) is 0 Å². The van der Waals surface area contributed by atoms with Crippen LogP contribution in [0.15, 0.2) is 211 Å². The summed E-state index contributed by atoms with van der Waals surface area (Å²) in [6.07, 6.45) is 0. The monoisotopic (exact) mass is 766 g/mol. The van der Waals surface area contributed by atoms with E-state index < -0.39 is 0 Å². The molecule has 5 heteroatoms. The molecule has 4 aromatic heterocycles. The first kappa shape index (κ1) is 33.9. The summed E-state index contributed by atoms with van der Waals surface area (Å²) in [6.45, 7) is 0. The molecular weight excluding hydrogens is 733 g/mol. The fourth-order valence-electron chi connectivity index (χ4n) is 8.67. The van der Waals surface area contributed by atoms with Gasteiger partial charge in [0.15, 0.2) is 11.4 Å². The van der Waals surface area contributed by atoms with E-state index in [4.69, 9.17) is 19.4 Å². The lowest BCUT2D eigenvalue weighted by molar-refractivity contribution is 0.676. The normalized spacial score (nSPS) is 11.7. The Bertz CT molecular complexity index is 3510. The van der Waals surface area contributed by atoms with Crippen LogP contribution in [0.2, 0.25) is 0 Å². The summed E-state index contributed by atoms with van der Waals surface area (Å²) in [5.41, 5.74) is 14.8. The lowest BCUT2D eigenvalue weighted by atomic mass is 10.0. The molecule has 0 saturated heterocycles. The van der Waals surface area contributed by atoms with Gasteiger partial charge in [-0.25, -0.2) is 15.0 Å².